The Morgan fingerprint density at radius 3 is 1.95 bits per heavy atom. The zero-order valence-corrected chi connectivity index (χ0v) is 12.8. The van der Waals surface area contributed by atoms with Gasteiger partial charge in [-0.15, -0.1) is 0 Å². The third kappa shape index (κ3) is 9.33. The topological polar surface area (TPSA) is 72.8 Å². The lowest BCUT2D eigenvalue weighted by Gasteiger charge is -2.12. The molecule has 0 saturated carbocycles. The lowest BCUT2D eigenvalue weighted by molar-refractivity contribution is -0.143. The largest absolute Gasteiger partial charge is 0.469 e. The molecule has 0 spiro atoms. The van der Waals surface area contributed by atoms with Crippen LogP contribution < -0.4 is 0 Å². The molecule has 0 aliphatic heterocycles. The zero-order chi connectivity index (χ0) is 15.8. The highest BCUT2D eigenvalue weighted by Crippen LogP contribution is 2.16. The molecule has 5 nitrogen and oxygen atoms in total. The molecule has 0 amide bonds. The summed E-state index contributed by atoms with van der Waals surface area (Å²) in [5, 5.41) is 9.61. The standard InChI is InChI=1S/C15H24O5/c1-11(6-7-15(2,3)18)8-12(9-13(16)19-4)10-14(17)20-5/h6-8,12,18H,9-10H2,1-5H3/b7-6+,11-8+. The van der Waals surface area contributed by atoms with Crippen molar-refractivity contribution in [2.24, 2.45) is 5.92 Å². The highest BCUT2D eigenvalue weighted by molar-refractivity contribution is 5.73. The van der Waals surface area contributed by atoms with Crippen LogP contribution in [-0.2, 0) is 19.1 Å². The highest BCUT2D eigenvalue weighted by Gasteiger charge is 2.16. The normalized spacial score (nSPS) is 12.8. The van der Waals surface area contributed by atoms with E-state index < -0.39 is 5.60 Å². The molecule has 0 fully saturated rings. The van der Waals surface area contributed by atoms with Crippen LogP contribution >= 0.6 is 0 Å². The highest BCUT2D eigenvalue weighted by atomic mass is 16.5. The molecule has 114 valence electrons. The molecule has 0 aromatic carbocycles. The minimum Gasteiger partial charge on any atom is -0.469 e. The van der Waals surface area contributed by atoms with Gasteiger partial charge >= 0.3 is 11.9 Å². The van der Waals surface area contributed by atoms with E-state index in [2.05, 4.69) is 9.47 Å². The van der Waals surface area contributed by atoms with Gasteiger partial charge in [0.15, 0.2) is 0 Å². The van der Waals surface area contributed by atoms with Gasteiger partial charge in [0.1, 0.15) is 0 Å². The molecule has 0 saturated heterocycles. The van der Waals surface area contributed by atoms with Gasteiger partial charge in [0.05, 0.1) is 32.7 Å². The van der Waals surface area contributed by atoms with Crippen LogP contribution in [0, 0.1) is 5.92 Å². The van der Waals surface area contributed by atoms with Gasteiger partial charge in [-0.25, -0.2) is 0 Å². The van der Waals surface area contributed by atoms with Crippen LogP contribution in [0.15, 0.2) is 23.8 Å². The summed E-state index contributed by atoms with van der Waals surface area (Å²) in [6, 6.07) is 0. The molecule has 0 aliphatic rings. The minimum absolute atomic E-state index is 0.110. The van der Waals surface area contributed by atoms with E-state index in [1.165, 1.54) is 14.2 Å². The van der Waals surface area contributed by atoms with Crippen molar-refractivity contribution in [3.63, 3.8) is 0 Å². The molecule has 0 atom stereocenters. The summed E-state index contributed by atoms with van der Waals surface area (Å²) in [6.07, 6.45) is 5.42. The van der Waals surface area contributed by atoms with Crippen molar-refractivity contribution in [2.45, 2.75) is 39.2 Å². The fraction of sp³-hybridized carbons (Fsp3) is 0.600. The molecule has 0 aromatic heterocycles. The average molecular weight is 284 g/mol. The number of rotatable bonds is 7. The molecule has 0 heterocycles. The second kappa shape index (κ2) is 8.53. The van der Waals surface area contributed by atoms with Gasteiger partial charge in [0, 0.05) is 0 Å². The maximum atomic E-state index is 11.3. The lowest BCUT2D eigenvalue weighted by Crippen LogP contribution is -2.14. The molecule has 0 aromatic rings. The van der Waals surface area contributed by atoms with Gasteiger partial charge in [-0.05, 0) is 26.7 Å². The van der Waals surface area contributed by atoms with Crippen molar-refractivity contribution in [2.75, 3.05) is 14.2 Å². The predicted octanol–water partition coefficient (Wildman–Crippen LogP) is 2.00. The summed E-state index contributed by atoms with van der Waals surface area (Å²) in [4.78, 5) is 22.7. The first-order valence-electron chi connectivity index (χ1n) is 6.41. The van der Waals surface area contributed by atoms with Gasteiger partial charge < -0.3 is 14.6 Å². The van der Waals surface area contributed by atoms with Crippen LogP contribution in [0.3, 0.4) is 0 Å². The van der Waals surface area contributed by atoms with E-state index in [-0.39, 0.29) is 30.7 Å². The Morgan fingerprint density at radius 1 is 1.15 bits per heavy atom. The first-order chi connectivity index (χ1) is 9.17. The number of aliphatic hydroxyl groups is 1. The quantitative estimate of drug-likeness (QED) is 0.572. The molecule has 20 heavy (non-hydrogen) atoms. The Labute approximate surface area is 120 Å². The van der Waals surface area contributed by atoms with Gasteiger partial charge in [-0.2, -0.15) is 0 Å². The SMILES string of the molecule is COC(=O)CC(/C=C(C)/C=C/C(C)(C)O)CC(=O)OC. The number of allylic oxidation sites excluding steroid dienone is 3. The van der Waals surface area contributed by atoms with E-state index >= 15 is 0 Å². The number of hydrogen-bond donors (Lipinski definition) is 1. The molecular formula is C15H24O5. The summed E-state index contributed by atoms with van der Waals surface area (Å²) < 4.78 is 9.23. The number of carbonyl (C=O) groups excluding carboxylic acids is 2. The van der Waals surface area contributed by atoms with Gasteiger partial charge in [-0.1, -0.05) is 23.8 Å². The van der Waals surface area contributed by atoms with E-state index in [4.69, 9.17) is 0 Å². The second-order valence-corrected chi connectivity index (χ2v) is 5.22. The number of methoxy groups -OCH3 is 2. The van der Waals surface area contributed by atoms with Crippen molar-refractivity contribution in [1.82, 2.24) is 0 Å². The molecule has 5 heteroatoms. The van der Waals surface area contributed by atoms with Gasteiger partial charge in [0.25, 0.3) is 0 Å². The Kier molecular flexibility index (Phi) is 7.84. The Hall–Kier alpha value is -1.62. The molecule has 0 bridgehead atoms. The molecular weight excluding hydrogens is 260 g/mol. The van der Waals surface area contributed by atoms with Crippen LogP contribution in [0.2, 0.25) is 0 Å². The Morgan fingerprint density at radius 2 is 1.60 bits per heavy atom. The van der Waals surface area contributed by atoms with E-state index in [0.717, 1.165) is 5.57 Å². The van der Waals surface area contributed by atoms with Crippen LogP contribution in [0.5, 0.6) is 0 Å². The summed E-state index contributed by atoms with van der Waals surface area (Å²) in [5.41, 5.74) is -0.0557. The predicted molar refractivity (Wildman–Crippen MR) is 76.0 cm³/mol. The van der Waals surface area contributed by atoms with Crippen molar-refractivity contribution >= 4 is 11.9 Å². The fourth-order valence-electron chi connectivity index (χ4n) is 1.55. The van der Waals surface area contributed by atoms with Crippen molar-refractivity contribution < 1.29 is 24.2 Å². The maximum Gasteiger partial charge on any atom is 0.306 e. The number of esters is 2. The number of carbonyl (C=O) groups is 2. The van der Waals surface area contributed by atoms with Crippen molar-refractivity contribution in [3.05, 3.63) is 23.8 Å². The first kappa shape index (κ1) is 18.4. The van der Waals surface area contributed by atoms with E-state index in [9.17, 15) is 14.7 Å². The van der Waals surface area contributed by atoms with Gasteiger partial charge in [0.2, 0.25) is 0 Å². The average Bonchev–Trinajstić information content (AvgIpc) is 2.35. The summed E-state index contributed by atoms with van der Waals surface area (Å²) in [5.74, 6) is -1.05. The molecule has 1 N–H and O–H groups in total. The summed E-state index contributed by atoms with van der Waals surface area (Å²) >= 11 is 0. The van der Waals surface area contributed by atoms with Crippen LogP contribution in [0.4, 0.5) is 0 Å². The molecule has 0 unspecified atom stereocenters. The van der Waals surface area contributed by atoms with Gasteiger partial charge in [-0.3, -0.25) is 9.59 Å². The molecule has 0 aliphatic carbocycles. The molecule has 0 rings (SSSR count). The maximum absolute atomic E-state index is 11.3. The second-order valence-electron chi connectivity index (χ2n) is 5.22. The third-order valence-electron chi connectivity index (χ3n) is 2.57. The fourth-order valence-corrected chi connectivity index (χ4v) is 1.55. The van der Waals surface area contributed by atoms with E-state index in [0.29, 0.717) is 0 Å². The molecule has 0 radical (unpaired) electrons. The lowest BCUT2D eigenvalue weighted by atomic mass is 9.97. The zero-order valence-electron chi connectivity index (χ0n) is 12.8. The monoisotopic (exact) mass is 284 g/mol. The Balaban J connectivity index is 4.88. The smallest absolute Gasteiger partial charge is 0.306 e. The van der Waals surface area contributed by atoms with E-state index in [1.54, 1.807) is 32.1 Å². The van der Waals surface area contributed by atoms with Crippen molar-refractivity contribution in [1.29, 1.82) is 0 Å². The third-order valence-corrected chi connectivity index (χ3v) is 2.57. The number of hydrogen-bond acceptors (Lipinski definition) is 5. The van der Waals surface area contributed by atoms with Crippen LogP contribution in [0.25, 0.3) is 0 Å². The first-order valence-corrected chi connectivity index (χ1v) is 6.41. The van der Waals surface area contributed by atoms with E-state index in [1.807, 2.05) is 6.92 Å². The summed E-state index contributed by atoms with van der Waals surface area (Å²) in [7, 11) is 2.62. The summed E-state index contributed by atoms with van der Waals surface area (Å²) in [6.45, 7) is 5.16. The minimum atomic E-state index is -0.907. The van der Waals surface area contributed by atoms with Crippen LogP contribution in [-0.4, -0.2) is 36.9 Å². The number of ether oxygens (including phenoxy) is 2. The Bertz CT molecular complexity index is 370. The van der Waals surface area contributed by atoms with Crippen LogP contribution in [0.1, 0.15) is 33.6 Å². The van der Waals surface area contributed by atoms with Crippen molar-refractivity contribution in [3.8, 4) is 0 Å².